The number of aryl methyl sites for hydroxylation is 2. The van der Waals surface area contributed by atoms with Crippen molar-refractivity contribution in [2.75, 3.05) is 0 Å². The summed E-state index contributed by atoms with van der Waals surface area (Å²) in [6.45, 7) is 3.54. The monoisotopic (exact) mass is 185 g/mol. The fourth-order valence-corrected chi connectivity index (χ4v) is 1.28. The summed E-state index contributed by atoms with van der Waals surface area (Å²) in [6, 6.07) is 0. The molecule has 0 spiro atoms. The Morgan fingerprint density at radius 3 is 2.69 bits per heavy atom. The van der Waals surface area contributed by atoms with Crippen LogP contribution in [0.15, 0.2) is 0 Å². The van der Waals surface area contributed by atoms with E-state index in [0.29, 0.717) is 12.2 Å². The number of rotatable bonds is 3. The molecule has 0 saturated heterocycles. The predicted octanol–water partition coefficient (Wildman–Crippen LogP) is 0.612. The maximum atomic E-state index is 10.6. The fourth-order valence-electron chi connectivity index (χ4n) is 1.28. The summed E-state index contributed by atoms with van der Waals surface area (Å²) in [5.41, 5.74) is 0.533. The molecule has 0 aliphatic carbocycles. The molecule has 0 radical (unpaired) electrons. The van der Waals surface area contributed by atoms with Crippen LogP contribution < -0.4 is 0 Å². The number of nitro groups is 1. The zero-order valence-electron chi connectivity index (χ0n) is 7.52. The highest BCUT2D eigenvalue weighted by Crippen LogP contribution is 2.22. The Labute approximate surface area is 74.9 Å². The van der Waals surface area contributed by atoms with E-state index in [1.54, 1.807) is 6.92 Å². The first kappa shape index (κ1) is 9.66. The molecule has 0 amide bonds. The Hall–Kier alpha value is -1.43. The zero-order valence-corrected chi connectivity index (χ0v) is 7.52. The van der Waals surface area contributed by atoms with E-state index in [1.807, 2.05) is 6.92 Å². The number of aromatic nitrogens is 2. The Balaban J connectivity index is 3.31. The molecule has 1 N–H and O–H groups in total. The molecular formula is C7H11N3O3. The molecule has 0 saturated carbocycles. The van der Waals surface area contributed by atoms with E-state index in [9.17, 15) is 10.1 Å². The number of nitrogens with zero attached hydrogens (tertiary/aromatic N) is 3. The van der Waals surface area contributed by atoms with Crippen molar-refractivity contribution >= 4 is 5.69 Å². The van der Waals surface area contributed by atoms with Crippen molar-refractivity contribution in [2.24, 2.45) is 0 Å². The van der Waals surface area contributed by atoms with Gasteiger partial charge in [-0.3, -0.25) is 14.8 Å². The van der Waals surface area contributed by atoms with E-state index < -0.39 is 4.92 Å². The Kier molecular flexibility index (Phi) is 2.62. The largest absolute Gasteiger partial charge is 0.390 e. The molecule has 0 aromatic carbocycles. The summed E-state index contributed by atoms with van der Waals surface area (Å²) >= 11 is 0. The molecular weight excluding hydrogens is 174 g/mol. The molecule has 1 rings (SSSR count). The van der Waals surface area contributed by atoms with Crippen molar-refractivity contribution in [1.82, 2.24) is 9.78 Å². The van der Waals surface area contributed by atoms with E-state index in [4.69, 9.17) is 5.11 Å². The molecule has 1 aromatic heterocycles. The van der Waals surface area contributed by atoms with Crippen LogP contribution in [0, 0.1) is 17.0 Å². The number of hydrogen-bond donors (Lipinski definition) is 1. The van der Waals surface area contributed by atoms with Crippen molar-refractivity contribution in [3.63, 3.8) is 0 Å². The van der Waals surface area contributed by atoms with Crippen molar-refractivity contribution in [2.45, 2.75) is 27.0 Å². The van der Waals surface area contributed by atoms with Crippen LogP contribution in [-0.4, -0.2) is 19.8 Å². The van der Waals surface area contributed by atoms with Crippen molar-refractivity contribution in [1.29, 1.82) is 0 Å². The summed E-state index contributed by atoms with van der Waals surface area (Å²) in [6.07, 6.45) is 0. The highest BCUT2D eigenvalue weighted by Gasteiger charge is 2.23. The van der Waals surface area contributed by atoms with Crippen LogP contribution in [0.25, 0.3) is 0 Å². The molecule has 0 fully saturated rings. The molecule has 6 heteroatoms. The maximum absolute atomic E-state index is 10.6. The molecule has 0 unspecified atom stereocenters. The third kappa shape index (κ3) is 1.52. The molecule has 72 valence electrons. The lowest BCUT2D eigenvalue weighted by molar-refractivity contribution is -0.386. The van der Waals surface area contributed by atoms with Crippen molar-refractivity contribution < 1.29 is 10.0 Å². The Morgan fingerprint density at radius 2 is 2.31 bits per heavy atom. The highest BCUT2D eigenvalue weighted by molar-refractivity contribution is 5.39. The lowest BCUT2D eigenvalue weighted by Crippen LogP contribution is -2.03. The van der Waals surface area contributed by atoms with Gasteiger partial charge in [0.15, 0.2) is 0 Å². The lowest BCUT2D eigenvalue weighted by atomic mass is 10.3. The van der Waals surface area contributed by atoms with Crippen LogP contribution in [0.1, 0.15) is 18.3 Å². The van der Waals surface area contributed by atoms with Gasteiger partial charge in [0.1, 0.15) is 11.4 Å². The minimum Gasteiger partial charge on any atom is -0.390 e. The SMILES string of the molecule is CCn1nc(C)c([N+](=O)[O-])c1CO. The lowest BCUT2D eigenvalue weighted by Gasteiger charge is -1.98. The van der Waals surface area contributed by atoms with Gasteiger partial charge in [0.2, 0.25) is 0 Å². The molecule has 6 nitrogen and oxygen atoms in total. The van der Waals surface area contributed by atoms with Gasteiger partial charge in [-0.05, 0) is 13.8 Å². The van der Waals surface area contributed by atoms with E-state index in [-0.39, 0.29) is 18.0 Å². The van der Waals surface area contributed by atoms with Gasteiger partial charge >= 0.3 is 5.69 Å². The van der Waals surface area contributed by atoms with Gasteiger partial charge < -0.3 is 5.11 Å². The topological polar surface area (TPSA) is 81.2 Å². The molecule has 13 heavy (non-hydrogen) atoms. The summed E-state index contributed by atoms with van der Waals surface area (Å²) in [5.74, 6) is 0. The zero-order chi connectivity index (χ0) is 10.0. The summed E-state index contributed by atoms with van der Waals surface area (Å²) < 4.78 is 1.44. The van der Waals surface area contributed by atoms with Gasteiger partial charge in [-0.2, -0.15) is 5.10 Å². The standard InChI is InChI=1S/C7H11N3O3/c1-3-9-6(4-11)7(10(12)13)5(2)8-9/h11H,3-4H2,1-2H3. The smallest absolute Gasteiger partial charge is 0.315 e. The second-order valence-electron chi connectivity index (χ2n) is 2.61. The highest BCUT2D eigenvalue weighted by atomic mass is 16.6. The molecule has 0 bridgehead atoms. The van der Waals surface area contributed by atoms with Crippen LogP contribution in [0.5, 0.6) is 0 Å². The van der Waals surface area contributed by atoms with E-state index in [0.717, 1.165) is 0 Å². The number of aliphatic hydroxyl groups excluding tert-OH is 1. The van der Waals surface area contributed by atoms with E-state index in [1.165, 1.54) is 4.68 Å². The first-order chi connectivity index (χ1) is 6.11. The second-order valence-corrected chi connectivity index (χ2v) is 2.61. The minimum absolute atomic E-state index is 0.0793. The van der Waals surface area contributed by atoms with Gasteiger partial charge in [-0.25, -0.2) is 0 Å². The van der Waals surface area contributed by atoms with Gasteiger partial charge in [0.25, 0.3) is 0 Å². The van der Waals surface area contributed by atoms with Crippen LogP contribution in [0.4, 0.5) is 5.69 Å². The van der Waals surface area contributed by atoms with Crippen LogP contribution in [-0.2, 0) is 13.2 Å². The third-order valence-corrected chi connectivity index (χ3v) is 1.83. The summed E-state index contributed by atoms with van der Waals surface area (Å²) in [7, 11) is 0. The third-order valence-electron chi connectivity index (χ3n) is 1.83. The van der Waals surface area contributed by atoms with Gasteiger partial charge in [-0.1, -0.05) is 0 Å². The van der Waals surface area contributed by atoms with Crippen molar-refractivity contribution in [3.05, 3.63) is 21.5 Å². The quantitative estimate of drug-likeness (QED) is 0.552. The van der Waals surface area contributed by atoms with Crippen LogP contribution in [0.3, 0.4) is 0 Å². The normalized spacial score (nSPS) is 10.4. The molecule has 0 atom stereocenters. The first-order valence-electron chi connectivity index (χ1n) is 3.93. The number of hydrogen-bond acceptors (Lipinski definition) is 4. The Morgan fingerprint density at radius 1 is 1.69 bits per heavy atom. The van der Waals surface area contributed by atoms with Gasteiger partial charge in [0, 0.05) is 6.54 Å². The Bertz CT molecular complexity index is 332. The van der Waals surface area contributed by atoms with Gasteiger partial charge in [0.05, 0.1) is 11.5 Å². The maximum Gasteiger partial charge on any atom is 0.315 e. The van der Waals surface area contributed by atoms with Crippen molar-refractivity contribution in [3.8, 4) is 0 Å². The second kappa shape index (κ2) is 3.53. The first-order valence-corrected chi connectivity index (χ1v) is 3.93. The minimum atomic E-state index is -0.514. The number of aliphatic hydroxyl groups is 1. The van der Waals surface area contributed by atoms with Crippen LogP contribution >= 0.6 is 0 Å². The van der Waals surface area contributed by atoms with E-state index in [2.05, 4.69) is 5.10 Å². The average Bonchev–Trinajstić information content (AvgIpc) is 2.41. The average molecular weight is 185 g/mol. The van der Waals surface area contributed by atoms with E-state index >= 15 is 0 Å². The summed E-state index contributed by atoms with van der Waals surface area (Å²) in [4.78, 5) is 10.1. The predicted molar refractivity (Wildman–Crippen MR) is 45.2 cm³/mol. The van der Waals surface area contributed by atoms with Gasteiger partial charge in [-0.15, -0.1) is 0 Å². The molecule has 0 aliphatic rings. The molecule has 1 heterocycles. The fraction of sp³-hybridized carbons (Fsp3) is 0.571. The van der Waals surface area contributed by atoms with Crippen LogP contribution in [0.2, 0.25) is 0 Å². The molecule has 0 aliphatic heterocycles. The molecule has 1 aromatic rings. The summed E-state index contributed by atoms with van der Waals surface area (Å²) in [5, 5.41) is 23.4.